The summed E-state index contributed by atoms with van der Waals surface area (Å²) in [5.74, 6) is -1.80. The van der Waals surface area contributed by atoms with Crippen molar-refractivity contribution in [1.29, 1.82) is 0 Å². The van der Waals surface area contributed by atoms with Crippen molar-refractivity contribution in [3.63, 3.8) is 0 Å². The smallest absolute Gasteiger partial charge is 0.309 e. The van der Waals surface area contributed by atoms with Crippen molar-refractivity contribution in [2.45, 2.75) is 70.6 Å². The maximum Gasteiger partial charge on any atom is 0.309 e. The monoisotopic (exact) mass is 344 g/mol. The largest absolute Gasteiger partial charge is 0.481 e. The van der Waals surface area contributed by atoms with Crippen molar-refractivity contribution in [3.05, 3.63) is 0 Å². The van der Waals surface area contributed by atoms with E-state index in [1.165, 1.54) is 0 Å². The fraction of sp³-hybridized carbons (Fsp3) is 0.875. The number of carboxylic acids is 2. The fourth-order valence-corrected chi connectivity index (χ4v) is 8.65. The van der Waals surface area contributed by atoms with Gasteiger partial charge in [-0.05, 0) is 31.2 Å². The molecular weight excluding hydrogens is 312 g/mol. The quantitative estimate of drug-likeness (QED) is 0.707. The number of aliphatic carboxylic acids is 2. The molecule has 0 saturated heterocycles. The number of rotatable bonds is 6. The molecule has 0 spiro atoms. The first-order chi connectivity index (χ1) is 9.77. The van der Waals surface area contributed by atoms with Crippen LogP contribution in [0, 0.1) is 17.3 Å². The molecule has 0 aromatic heterocycles. The molecule has 1 rings (SSSR count). The van der Waals surface area contributed by atoms with Crippen molar-refractivity contribution in [2.24, 2.45) is 17.3 Å². The van der Waals surface area contributed by atoms with Gasteiger partial charge in [-0.25, -0.2) is 0 Å². The number of carboxylic acid groups (broad SMARTS) is 2. The summed E-state index contributed by atoms with van der Waals surface area (Å²) in [4.78, 5) is 23.6. The van der Waals surface area contributed by atoms with Gasteiger partial charge in [0.25, 0.3) is 0 Å². The average Bonchev–Trinajstić information content (AvgIpc) is 2.27. The van der Waals surface area contributed by atoms with Gasteiger partial charge in [0.1, 0.15) is 0 Å². The van der Waals surface area contributed by atoms with Gasteiger partial charge in [-0.2, -0.15) is 0 Å². The molecular formula is C16H32O4Si2. The molecule has 128 valence electrons. The summed E-state index contributed by atoms with van der Waals surface area (Å²) in [5.41, 5.74) is -0.698. The molecule has 0 aromatic rings. The molecule has 0 aliphatic heterocycles. The first-order valence-corrected chi connectivity index (χ1v) is 15.6. The molecule has 1 aliphatic carbocycles. The molecule has 0 heterocycles. The fourth-order valence-electron chi connectivity index (χ4n) is 4.10. The molecule has 1 fully saturated rings. The van der Waals surface area contributed by atoms with Crippen LogP contribution in [0.3, 0.4) is 0 Å². The Labute approximate surface area is 136 Å². The Hall–Kier alpha value is -0.626. The molecule has 6 heteroatoms. The highest BCUT2D eigenvalue weighted by Gasteiger charge is 2.52. The molecule has 1 saturated carbocycles. The molecule has 0 radical (unpaired) electrons. The zero-order valence-electron chi connectivity index (χ0n) is 14.9. The average molecular weight is 345 g/mol. The van der Waals surface area contributed by atoms with Crippen molar-refractivity contribution in [1.82, 2.24) is 0 Å². The van der Waals surface area contributed by atoms with Gasteiger partial charge in [-0.3, -0.25) is 9.59 Å². The summed E-state index contributed by atoms with van der Waals surface area (Å²) in [6, 6.07) is 1.67. The second kappa shape index (κ2) is 6.47. The van der Waals surface area contributed by atoms with Crippen LogP contribution in [0.15, 0.2) is 0 Å². The standard InChI is InChI=1S/C16H32O4Si2/c1-21(2,3)10-13-9-12(14(17)18)7-8-16(13,15(19)20)11-22(4,5)6/h12-13H,7-11H2,1-6H3,(H,17,18)(H,19,20). The van der Waals surface area contributed by atoms with E-state index in [2.05, 4.69) is 39.3 Å². The highest BCUT2D eigenvalue weighted by atomic mass is 28.3. The van der Waals surface area contributed by atoms with Gasteiger partial charge in [0, 0.05) is 16.1 Å². The zero-order chi connectivity index (χ0) is 17.3. The minimum atomic E-state index is -1.56. The predicted molar refractivity (Wildman–Crippen MR) is 94.8 cm³/mol. The normalized spacial score (nSPS) is 30.1. The number of hydrogen-bond donors (Lipinski definition) is 2. The molecule has 4 nitrogen and oxygen atoms in total. The third kappa shape index (κ3) is 4.94. The van der Waals surface area contributed by atoms with Crippen molar-refractivity contribution < 1.29 is 19.8 Å². The highest BCUT2D eigenvalue weighted by Crippen LogP contribution is 2.52. The molecule has 0 amide bonds. The van der Waals surface area contributed by atoms with Crippen LogP contribution in [0.2, 0.25) is 51.4 Å². The summed E-state index contributed by atoms with van der Waals surface area (Å²) in [6.07, 6.45) is 1.57. The van der Waals surface area contributed by atoms with Crippen molar-refractivity contribution >= 4 is 28.1 Å². The van der Waals surface area contributed by atoms with E-state index in [1.807, 2.05) is 0 Å². The van der Waals surface area contributed by atoms with E-state index in [-0.39, 0.29) is 11.8 Å². The van der Waals surface area contributed by atoms with E-state index in [0.717, 1.165) is 12.1 Å². The first-order valence-electron chi connectivity index (χ1n) is 8.23. The maximum absolute atomic E-state index is 12.2. The second-order valence-corrected chi connectivity index (χ2v) is 20.5. The van der Waals surface area contributed by atoms with E-state index in [4.69, 9.17) is 0 Å². The lowest BCUT2D eigenvalue weighted by Gasteiger charge is -2.47. The Kier molecular flexibility index (Phi) is 5.71. The van der Waals surface area contributed by atoms with E-state index >= 15 is 0 Å². The van der Waals surface area contributed by atoms with Gasteiger partial charge < -0.3 is 10.2 Å². The third-order valence-corrected chi connectivity index (χ3v) is 8.18. The summed E-state index contributed by atoms with van der Waals surface area (Å²) >= 11 is 0. The lowest BCUT2D eigenvalue weighted by molar-refractivity contribution is -0.158. The molecule has 3 unspecified atom stereocenters. The SMILES string of the molecule is C[Si](C)(C)CC1CC(C(=O)O)CCC1(C[Si](C)(C)C)C(=O)O. The van der Waals surface area contributed by atoms with E-state index < -0.39 is 33.5 Å². The van der Waals surface area contributed by atoms with Crippen LogP contribution in [-0.4, -0.2) is 38.3 Å². The Balaban J connectivity index is 3.19. The highest BCUT2D eigenvalue weighted by molar-refractivity contribution is 6.77. The number of hydrogen-bond acceptors (Lipinski definition) is 2. The minimum absolute atomic E-state index is 0.0123. The van der Waals surface area contributed by atoms with Crippen LogP contribution in [0.5, 0.6) is 0 Å². The first kappa shape index (κ1) is 19.4. The van der Waals surface area contributed by atoms with Gasteiger partial charge in [0.2, 0.25) is 0 Å². The minimum Gasteiger partial charge on any atom is -0.481 e. The van der Waals surface area contributed by atoms with Crippen LogP contribution >= 0.6 is 0 Å². The van der Waals surface area contributed by atoms with Crippen LogP contribution < -0.4 is 0 Å². The lowest BCUT2D eigenvalue weighted by atomic mass is 9.64. The summed E-state index contributed by atoms with van der Waals surface area (Å²) in [5, 5.41) is 19.4. The Morgan fingerprint density at radius 3 is 1.95 bits per heavy atom. The van der Waals surface area contributed by atoms with Gasteiger partial charge in [-0.15, -0.1) is 0 Å². The van der Waals surface area contributed by atoms with Crippen LogP contribution in [0.25, 0.3) is 0 Å². The van der Waals surface area contributed by atoms with E-state index in [1.54, 1.807) is 0 Å². The third-order valence-electron chi connectivity index (χ3n) is 4.77. The van der Waals surface area contributed by atoms with E-state index in [0.29, 0.717) is 19.3 Å². The van der Waals surface area contributed by atoms with Crippen LogP contribution in [-0.2, 0) is 9.59 Å². The van der Waals surface area contributed by atoms with Crippen LogP contribution in [0.4, 0.5) is 0 Å². The number of carbonyl (C=O) groups is 2. The summed E-state index contributed by atoms with van der Waals surface area (Å²) in [7, 11) is -3.02. The molecule has 2 N–H and O–H groups in total. The second-order valence-electron chi connectivity index (χ2n) is 9.47. The predicted octanol–water partition coefficient (Wildman–Crippen LogP) is 4.23. The van der Waals surface area contributed by atoms with Gasteiger partial charge in [-0.1, -0.05) is 45.3 Å². The Bertz CT molecular complexity index is 436. The molecule has 1 aliphatic rings. The van der Waals surface area contributed by atoms with E-state index in [9.17, 15) is 19.8 Å². The topological polar surface area (TPSA) is 74.6 Å². The van der Waals surface area contributed by atoms with Gasteiger partial charge in [0.05, 0.1) is 11.3 Å². The van der Waals surface area contributed by atoms with Crippen molar-refractivity contribution in [2.75, 3.05) is 0 Å². The van der Waals surface area contributed by atoms with Gasteiger partial charge in [0.15, 0.2) is 0 Å². The lowest BCUT2D eigenvalue weighted by Crippen LogP contribution is -2.50. The molecule has 0 aromatic carbocycles. The summed E-state index contributed by atoms with van der Waals surface area (Å²) < 4.78 is 0. The summed E-state index contributed by atoms with van der Waals surface area (Å²) in [6.45, 7) is 13.4. The Morgan fingerprint density at radius 2 is 1.59 bits per heavy atom. The maximum atomic E-state index is 12.2. The van der Waals surface area contributed by atoms with Crippen molar-refractivity contribution in [3.8, 4) is 0 Å². The zero-order valence-corrected chi connectivity index (χ0v) is 16.9. The molecule has 3 atom stereocenters. The van der Waals surface area contributed by atoms with Gasteiger partial charge >= 0.3 is 11.9 Å². The van der Waals surface area contributed by atoms with Crippen LogP contribution in [0.1, 0.15) is 19.3 Å². The molecule has 22 heavy (non-hydrogen) atoms. The Morgan fingerprint density at radius 1 is 1.05 bits per heavy atom. The molecule has 0 bridgehead atoms.